The molecule has 2 aromatic heterocycles. The highest BCUT2D eigenvalue weighted by Gasteiger charge is 2.25. The molecule has 0 N–H and O–H groups in total. The maximum atomic E-state index is 12.8. The summed E-state index contributed by atoms with van der Waals surface area (Å²) in [6, 6.07) is 28.7. The Morgan fingerprint density at radius 2 is 1.50 bits per heavy atom. The Morgan fingerprint density at radius 3 is 2.24 bits per heavy atom. The average Bonchev–Trinajstić information content (AvgIpc) is 3.37. The van der Waals surface area contributed by atoms with Crippen LogP contribution in [0.15, 0.2) is 104 Å². The predicted molar refractivity (Wildman–Crippen MR) is 153 cm³/mol. The number of amides is 1. The average molecular weight is 500 g/mol. The Bertz CT molecular complexity index is 1600. The third-order valence-electron chi connectivity index (χ3n) is 7.13. The van der Waals surface area contributed by atoms with Crippen LogP contribution < -0.4 is 4.90 Å². The number of para-hydroxylation sites is 1. The number of aromatic nitrogens is 3. The standard InChI is InChI=1S/C32H29N5O/c1-24-10-8-9-15-28(24)37-22-27(26-13-6-3-7-14-26)30-31(33-23-34-32(30)37)36-20-18-35(19-21-36)29(38)17-16-25-11-4-2-5-12-25/h2-17,22-23H,18-21H2,1H3/b17-16+. The van der Waals surface area contributed by atoms with Crippen LogP contribution in [0.4, 0.5) is 5.82 Å². The highest BCUT2D eigenvalue weighted by atomic mass is 16.2. The molecular formula is C32H29N5O. The van der Waals surface area contributed by atoms with Gasteiger partial charge >= 0.3 is 0 Å². The lowest BCUT2D eigenvalue weighted by molar-refractivity contribution is -0.126. The summed E-state index contributed by atoms with van der Waals surface area (Å²) in [6.45, 7) is 4.82. The number of hydrogen-bond donors (Lipinski definition) is 0. The molecule has 6 rings (SSSR count). The van der Waals surface area contributed by atoms with Crippen LogP contribution in [0.5, 0.6) is 0 Å². The van der Waals surface area contributed by atoms with Gasteiger partial charge in [0.1, 0.15) is 12.1 Å². The lowest BCUT2D eigenvalue weighted by Crippen LogP contribution is -2.48. The highest BCUT2D eigenvalue weighted by molar-refractivity contribution is 6.02. The van der Waals surface area contributed by atoms with E-state index in [4.69, 9.17) is 9.97 Å². The van der Waals surface area contributed by atoms with Gasteiger partial charge in [0.2, 0.25) is 5.91 Å². The van der Waals surface area contributed by atoms with Gasteiger partial charge in [0, 0.05) is 49.7 Å². The molecular weight excluding hydrogens is 470 g/mol. The first-order chi connectivity index (χ1) is 18.7. The zero-order valence-corrected chi connectivity index (χ0v) is 21.4. The molecule has 0 atom stereocenters. The summed E-state index contributed by atoms with van der Waals surface area (Å²) >= 11 is 0. The second-order valence-electron chi connectivity index (χ2n) is 9.52. The summed E-state index contributed by atoms with van der Waals surface area (Å²) in [5.41, 5.74) is 6.41. The molecule has 5 aromatic rings. The largest absolute Gasteiger partial charge is 0.352 e. The van der Waals surface area contributed by atoms with Gasteiger partial charge in [0.05, 0.1) is 5.39 Å². The molecule has 3 heterocycles. The van der Waals surface area contributed by atoms with Crippen molar-refractivity contribution < 1.29 is 4.79 Å². The minimum absolute atomic E-state index is 0.0389. The van der Waals surface area contributed by atoms with E-state index in [2.05, 4.69) is 71.1 Å². The van der Waals surface area contributed by atoms with Gasteiger partial charge in [-0.05, 0) is 35.8 Å². The number of rotatable bonds is 5. The quantitative estimate of drug-likeness (QED) is 0.289. The molecule has 6 nitrogen and oxygen atoms in total. The Hall–Kier alpha value is -4.71. The van der Waals surface area contributed by atoms with Crippen LogP contribution in [-0.4, -0.2) is 51.5 Å². The molecule has 0 unspecified atom stereocenters. The van der Waals surface area contributed by atoms with Gasteiger partial charge < -0.3 is 14.4 Å². The van der Waals surface area contributed by atoms with E-state index in [1.165, 1.54) is 5.56 Å². The van der Waals surface area contributed by atoms with Gasteiger partial charge in [-0.15, -0.1) is 0 Å². The summed E-state index contributed by atoms with van der Waals surface area (Å²) in [5.74, 6) is 0.949. The maximum absolute atomic E-state index is 12.8. The van der Waals surface area contributed by atoms with E-state index >= 15 is 0 Å². The number of piperazine rings is 1. The first kappa shape index (κ1) is 23.7. The molecule has 0 radical (unpaired) electrons. The second-order valence-corrected chi connectivity index (χ2v) is 9.52. The zero-order chi connectivity index (χ0) is 25.9. The van der Waals surface area contributed by atoms with Crippen molar-refractivity contribution in [1.29, 1.82) is 0 Å². The number of fused-ring (bicyclic) bond motifs is 1. The molecule has 3 aromatic carbocycles. The topological polar surface area (TPSA) is 54.3 Å². The Morgan fingerprint density at radius 1 is 0.816 bits per heavy atom. The number of carbonyl (C=O) groups excluding carboxylic acids is 1. The van der Waals surface area contributed by atoms with Crippen LogP contribution in [0.1, 0.15) is 11.1 Å². The Balaban J connectivity index is 1.33. The zero-order valence-electron chi connectivity index (χ0n) is 21.4. The van der Waals surface area contributed by atoms with Crippen LogP contribution in [0.25, 0.3) is 33.9 Å². The molecule has 0 bridgehead atoms. The van der Waals surface area contributed by atoms with Gasteiger partial charge in [0.25, 0.3) is 0 Å². The fourth-order valence-electron chi connectivity index (χ4n) is 5.12. The monoisotopic (exact) mass is 499 g/mol. The van der Waals surface area contributed by atoms with Crippen molar-refractivity contribution in [3.8, 4) is 16.8 Å². The number of carbonyl (C=O) groups is 1. The minimum Gasteiger partial charge on any atom is -0.352 e. The van der Waals surface area contributed by atoms with Crippen molar-refractivity contribution in [3.05, 3.63) is 115 Å². The van der Waals surface area contributed by atoms with Crippen LogP contribution >= 0.6 is 0 Å². The summed E-state index contributed by atoms with van der Waals surface area (Å²) in [5, 5.41) is 1.03. The fourth-order valence-corrected chi connectivity index (χ4v) is 5.12. The minimum atomic E-state index is 0.0389. The molecule has 1 saturated heterocycles. The van der Waals surface area contributed by atoms with Crippen molar-refractivity contribution >= 4 is 28.8 Å². The second kappa shape index (κ2) is 10.3. The normalized spacial score (nSPS) is 13.9. The highest BCUT2D eigenvalue weighted by Crippen LogP contribution is 2.37. The third-order valence-corrected chi connectivity index (χ3v) is 7.13. The maximum Gasteiger partial charge on any atom is 0.246 e. The summed E-state index contributed by atoms with van der Waals surface area (Å²) in [6.07, 6.45) is 7.38. The van der Waals surface area contributed by atoms with Gasteiger partial charge in [-0.1, -0.05) is 78.9 Å². The van der Waals surface area contributed by atoms with Crippen LogP contribution in [0.3, 0.4) is 0 Å². The van der Waals surface area contributed by atoms with Crippen LogP contribution in [0.2, 0.25) is 0 Å². The molecule has 38 heavy (non-hydrogen) atoms. The van der Waals surface area contributed by atoms with E-state index in [1.807, 2.05) is 47.4 Å². The Labute approximate surface area is 222 Å². The number of aryl methyl sites for hydroxylation is 1. The molecule has 188 valence electrons. The van der Waals surface area contributed by atoms with Gasteiger partial charge in [-0.3, -0.25) is 4.79 Å². The molecule has 1 fully saturated rings. The van der Waals surface area contributed by atoms with Crippen LogP contribution in [-0.2, 0) is 4.79 Å². The van der Waals surface area contributed by atoms with E-state index in [9.17, 15) is 4.79 Å². The van der Waals surface area contributed by atoms with Gasteiger partial charge in [-0.2, -0.15) is 0 Å². The van der Waals surface area contributed by atoms with E-state index in [-0.39, 0.29) is 5.91 Å². The smallest absolute Gasteiger partial charge is 0.246 e. The first-order valence-electron chi connectivity index (χ1n) is 12.9. The third kappa shape index (κ3) is 4.57. The van der Waals surface area contributed by atoms with Crippen LogP contribution in [0, 0.1) is 6.92 Å². The van der Waals surface area contributed by atoms with Gasteiger partial charge in [0.15, 0.2) is 5.65 Å². The number of benzene rings is 3. The van der Waals surface area contributed by atoms with E-state index in [1.54, 1.807) is 12.4 Å². The molecule has 1 aliphatic rings. The molecule has 0 aliphatic carbocycles. The molecule has 6 heteroatoms. The summed E-state index contributed by atoms with van der Waals surface area (Å²) in [4.78, 5) is 26.6. The van der Waals surface area contributed by atoms with Crippen molar-refractivity contribution in [3.63, 3.8) is 0 Å². The summed E-state index contributed by atoms with van der Waals surface area (Å²) < 4.78 is 2.17. The number of nitrogens with zero attached hydrogens (tertiary/aromatic N) is 5. The van der Waals surface area contributed by atoms with E-state index < -0.39 is 0 Å². The molecule has 1 amide bonds. The molecule has 0 spiro atoms. The first-order valence-corrected chi connectivity index (χ1v) is 12.9. The summed E-state index contributed by atoms with van der Waals surface area (Å²) in [7, 11) is 0. The van der Waals surface area contributed by atoms with Crippen molar-refractivity contribution in [2.24, 2.45) is 0 Å². The lowest BCUT2D eigenvalue weighted by atomic mass is 10.1. The molecule has 1 aliphatic heterocycles. The van der Waals surface area contributed by atoms with Gasteiger partial charge in [-0.25, -0.2) is 9.97 Å². The lowest BCUT2D eigenvalue weighted by Gasteiger charge is -2.35. The van der Waals surface area contributed by atoms with E-state index in [0.29, 0.717) is 26.2 Å². The molecule has 0 saturated carbocycles. The number of hydrogen-bond acceptors (Lipinski definition) is 4. The van der Waals surface area contributed by atoms with Crippen molar-refractivity contribution in [2.45, 2.75) is 6.92 Å². The predicted octanol–water partition coefficient (Wildman–Crippen LogP) is 5.76. The number of anilines is 1. The SMILES string of the molecule is Cc1ccccc1-n1cc(-c2ccccc2)c2c(N3CCN(C(=O)/C=C/c4ccccc4)CC3)ncnc21. The van der Waals surface area contributed by atoms with Crippen molar-refractivity contribution in [2.75, 3.05) is 31.1 Å². The van der Waals surface area contributed by atoms with Crippen molar-refractivity contribution in [1.82, 2.24) is 19.4 Å². The van der Waals surface area contributed by atoms with E-state index in [0.717, 1.165) is 39.2 Å². The Kier molecular flexibility index (Phi) is 6.44. The fraction of sp³-hybridized carbons (Fsp3) is 0.156.